The maximum atomic E-state index is 12.9. The molecule has 6 heteroatoms. The van der Waals surface area contributed by atoms with Crippen molar-refractivity contribution in [2.75, 3.05) is 32.1 Å². The molecule has 0 atom stereocenters. The van der Waals surface area contributed by atoms with E-state index in [1.54, 1.807) is 17.8 Å². The summed E-state index contributed by atoms with van der Waals surface area (Å²) in [7, 11) is 0. The number of piperidine rings is 1. The highest BCUT2D eigenvalue weighted by atomic mass is 32.2. The molecule has 1 amide bonds. The molecular formula is C24H27NO4S. The first-order chi connectivity index (χ1) is 14.6. The Labute approximate surface area is 181 Å². The number of rotatable bonds is 6. The van der Waals surface area contributed by atoms with E-state index in [0.29, 0.717) is 62.0 Å². The molecule has 1 fully saturated rings. The highest BCUT2D eigenvalue weighted by molar-refractivity contribution is 7.99. The molecule has 0 unspecified atom stereocenters. The standard InChI is InChI=1S/C24H27NO4S/c1-17-2-4-18(5-3-17)15-30-16-23(26)25-10-8-19(9-11-25)24(27)20-6-7-21-22(14-20)29-13-12-28-21/h2-7,14,19H,8-13,15-16H2,1H3. The van der Waals surface area contributed by atoms with Crippen molar-refractivity contribution >= 4 is 23.5 Å². The Morgan fingerprint density at radius 3 is 2.43 bits per heavy atom. The number of hydrogen-bond donors (Lipinski definition) is 0. The number of fused-ring (bicyclic) bond motifs is 1. The molecule has 2 aliphatic rings. The number of carbonyl (C=O) groups is 2. The van der Waals surface area contributed by atoms with Crippen LogP contribution >= 0.6 is 11.8 Å². The second-order valence-corrected chi connectivity index (χ2v) is 8.84. The molecule has 158 valence electrons. The van der Waals surface area contributed by atoms with E-state index in [1.165, 1.54) is 11.1 Å². The minimum absolute atomic E-state index is 0.0446. The van der Waals surface area contributed by atoms with E-state index < -0.39 is 0 Å². The molecule has 30 heavy (non-hydrogen) atoms. The van der Waals surface area contributed by atoms with Gasteiger partial charge in [0.15, 0.2) is 17.3 Å². The molecule has 1 saturated heterocycles. The van der Waals surface area contributed by atoms with Crippen LogP contribution in [0, 0.1) is 12.8 Å². The summed E-state index contributed by atoms with van der Waals surface area (Å²) in [5.74, 6) is 2.91. The van der Waals surface area contributed by atoms with Gasteiger partial charge in [-0.25, -0.2) is 0 Å². The maximum absolute atomic E-state index is 12.9. The first kappa shape index (κ1) is 20.8. The smallest absolute Gasteiger partial charge is 0.232 e. The van der Waals surface area contributed by atoms with Gasteiger partial charge < -0.3 is 14.4 Å². The Hall–Kier alpha value is -2.47. The second-order valence-electron chi connectivity index (χ2n) is 7.86. The van der Waals surface area contributed by atoms with E-state index >= 15 is 0 Å². The summed E-state index contributed by atoms with van der Waals surface area (Å²) in [6.07, 6.45) is 1.42. The Morgan fingerprint density at radius 1 is 1.00 bits per heavy atom. The summed E-state index contributed by atoms with van der Waals surface area (Å²) in [6.45, 7) is 4.40. The highest BCUT2D eigenvalue weighted by Gasteiger charge is 2.28. The van der Waals surface area contributed by atoms with E-state index in [0.717, 1.165) is 5.75 Å². The predicted molar refractivity (Wildman–Crippen MR) is 118 cm³/mol. The third-order valence-electron chi connectivity index (χ3n) is 5.66. The molecule has 0 N–H and O–H groups in total. The van der Waals surface area contributed by atoms with E-state index in [-0.39, 0.29) is 17.6 Å². The summed E-state index contributed by atoms with van der Waals surface area (Å²) < 4.78 is 11.1. The number of benzene rings is 2. The normalized spacial score (nSPS) is 16.4. The topological polar surface area (TPSA) is 55.8 Å². The van der Waals surface area contributed by atoms with Crippen LogP contribution in [0.5, 0.6) is 11.5 Å². The average Bonchev–Trinajstić information content (AvgIpc) is 2.79. The summed E-state index contributed by atoms with van der Waals surface area (Å²) in [4.78, 5) is 27.3. The van der Waals surface area contributed by atoms with E-state index in [2.05, 4.69) is 31.2 Å². The number of ketones is 1. The Balaban J connectivity index is 1.24. The lowest BCUT2D eigenvalue weighted by atomic mass is 9.88. The zero-order valence-electron chi connectivity index (χ0n) is 17.3. The largest absolute Gasteiger partial charge is 0.486 e. The molecule has 0 spiro atoms. The molecule has 4 rings (SSSR count). The second kappa shape index (κ2) is 9.56. The number of nitrogens with zero attached hydrogens (tertiary/aromatic N) is 1. The molecular weight excluding hydrogens is 398 g/mol. The number of amides is 1. The van der Waals surface area contributed by atoms with Gasteiger partial charge in [0.05, 0.1) is 5.75 Å². The van der Waals surface area contributed by atoms with Gasteiger partial charge in [0.25, 0.3) is 0 Å². The lowest BCUT2D eigenvalue weighted by molar-refractivity contribution is -0.129. The van der Waals surface area contributed by atoms with Crippen LogP contribution < -0.4 is 9.47 Å². The number of likely N-dealkylation sites (tertiary alicyclic amines) is 1. The fourth-order valence-corrected chi connectivity index (χ4v) is 4.74. The lowest BCUT2D eigenvalue weighted by Gasteiger charge is -2.31. The van der Waals surface area contributed by atoms with Gasteiger partial charge in [-0.3, -0.25) is 9.59 Å². The van der Waals surface area contributed by atoms with Crippen LogP contribution in [-0.2, 0) is 10.5 Å². The van der Waals surface area contributed by atoms with Gasteiger partial charge in [-0.15, -0.1) is 11.8 Å². The number of Topliss-reactive ketones (excluding diaryl/α,β-unsaturated/α-hetero) is 1. The SMILES string of the molecule is Cc1ccc(CSCC(=O)N2CCC(C(=O)c3ccc4c(c3)OCCO4)CC2)cc1. The van der Waals surface area contributed by atoms with Crippen molar-refractivity contribution in [1.29, 1.82) is 0 Å². The van der Waals surface area contributed by atoms with Gasteiger partial charge in [-0.2, -0.15) is 0 Å². The van der Waals surface area contributed by atoms with Crippen molar-refractivity contribution in [1.82, 2.24) is 4.90 Å². The molecule has 0 bridgehead atoms. The zero-order chi connectivity index (χ0) is 20.9. The number of hydrogen-bond acceptors (Lipinski definition) is 5. The predicted octanol–water partition coefficient (Wildman–Crippen LogP) is 4.12. The molecule has 2 aliphatic heterocycles. The lowest BCUT2D eigenvalue weighted by Crippen LogP contribution is -2.41. The quantitative estimate of drug-likeness (QED) is 0.652. The molecule has 2 aromatic rings. The highest BCUT2D eigenvalue weighted by Crippen LogP contribution is 2.32. The molecule has 0 aliphatic carbocycles. The van der Waals surface area contributed by atoms with Crippen molar-refractivity contribution < 1.29 is 19.1 Å². The first-order valence-electron chi connectivity index (χ1n) is 10.4. The maximum Gasteiger partial charge on any atom is 0.232 e. The number of ether oxygens (including phenoxy) is 2. The fourth-order valence-electron chi connectivity index (χ4n) is 3.86. The van der Waals surface area contributed by atoms with Gasteiger partial charge in [-0.05, 0) is 43.5 Å². The third-order valence-corrected chi connectivity index (χ3v) is 6.65. The summed E-state index contributed by atoms with van der Waals surface area (Å²) in [5.41, 5.74) is 3.15. The van der Waals surface area contributed by atoms with Crippen molar-refractivity contribution in [3.05, 3.63) is 59.2 Å². The van der Waals surface area contributed by atoms with Crippen molar-refractivity contribution in [3.63, 3.8) is 0 Å². The Bertz CT molecular complexity index is 904. The van der Waals surface area contributed by atoms with Crippen LogP contribution in [0.1, 0.15) is 34.3 Å². The zero-order valence-corrected chi connectivity index (χ0v) is 18.1. The summed E-state index contributed by atoms with van der Waals surface area (Å²) in [6, 6.07) is 13.8. The van der Waals surface area contributed by atoms with Crippen LogP contribution in [0.25, 0.3) is 0 Å². The third kappa shape index (κ3) is 4.98. The molecule has 2 heterocycles. The fraction of sp³-hybridized carbons (Fsp3) is 0.417. The monoisotopic (exact) mass is 425 g/mol. The Morgan fingerprint density at radius 2 is 1.70 bits per heavy atom. The van der Waals surface area contributed by atoms with Crippen molar-refractivity contribution in [3.8, 4) is 11.5 Å². The number of thioether (sulfide) groups is 1. The minimum atomic E-state index is -0.0446. The first-order valence-corrected chi connectivity index (χ1v) is 11.6. The molecule has 5 nitrogen and oxygen atoms in total. The number of aryl methyl sites for hydroxylation is 1. The molecule has 0 aromatic heterocycles. The van der Waals surface area contributed by atoms with E-state index in [9.17, 15) is 9.59 Å². The minimum Gasteiger partial charge on any atom is -0.486 e. The van der Waals surface area contributed by atoms with Crippen LogP contribution in [0.15, 0.2) is 42.5 Å². The van der Waals surface area contributed by atoms with Crippen LogP contribution in [0.4, 0.5) is 0 Å². The molecule has 0 saturated carbocycles. The molecule has 0 radical (unpaired) electrons. The van der Waals surface area contributed by atoms with Crippen LogP contribution in [0.3, 0.4) is 0 Å². The summed E-state index contributed by atoms with van der Waals surface area (Å²) >= 11 is 1.65. The van der Waals surface area contributed by atoms with Crippen molar-refractivity contribution in [2.45, 2.75) is 25.5 Å². The van der Waals surface area contributed by atoms with Gasteiger partial charge in [0.2, 0.25) is 5.91 Å². The van der Waals surface area contributed by atoms with Crippen LogP contribution in [-0.4, -0.2) is 48.6 Å². The summed E-state index contributed by atoms with van der Waals surface area (Å²) in [5, 5.41) is 0. The van der Waals surface area contributed by atoms with E-state index in [1.807, 2.05) is 17.0 Å². The van der Waals surface area contributed by atoms with Gasteiger partial charge >= 0.3 is 0 Å². The van der Waals surface area contributed by atoms with Gasteiger partial charge in [0, 0.05) is 30.3 Å². The average molecular weight is 426 g/mol. The number of carbonyl (C=O) groups excluding carboxylic acids is 2. The van der Waals surface area contributed by atoms with Gasteiger partial charge in [-0.1, -0.05) is 29.8 Å². The van der Waals surface area contributed by atoms with Crippen LogP contribution in [0.2, 0.25) is 0 Å². The van der Waals surface area contributed by atoms with Crippen molar-refractivity contribution in [2.24, 2.45) is 5.92 Å². The van der Waals surface area contributed by atoms with E-state index in [4.69, 9.17) is 9.47 Å². The van der Waals surface area contributed by atoms with Gasteiger partial charge in [0.1, 0.15) is 13.2 Å². The Kier molecular flexibility index (Phi) is 6.62. The molecule has 2 aromatic carbocycles.